The number of nitrogens with one attached hydrogen (secondary N) is 2. The SMILES string of the molecule is CCNC(=S)N/N=C/c1cc(Br)c(OCC)c(OC)c1. The second-order valence-electron chi connectivity index (χ2n) is 3.70. The number of thiocarbonyl (C=S) groups is 1. The largest absolute Gasteiger partial charge is 0.493 e. The molecule has 7 heteroatoms. The summed E-state index contributed by atoms with van der Waals surface area (Å²) in [5, 5.41) is 7.49. The van der Waals surface area contributed by atoms with Crippen LogP contribution in [-0.2, 0) is 0 Å². The summed E-state index contributed by atoms with van der Waals surface area (Å²) in [6.07, 6.45) is 1.66. The smallest absolute Gasteiger partial charge is 0.186 e. The van der Waals surface area contributed by atoms with Crippen LogP contribution in [0.5, 0.6) is 11.5 Å². The van der Waals surface area contributed by atoms with Gasteiger partial charge in [0.2, 0.25) is 0 Å². The van der Waals surface area contributed by atoms with Gasteiger partial charge in [0, 0.05) is 6.54 Å². The zero-order valence-corrected chi connectivity index (χ0v) is 14.1. The summed E-state index contributed by atoms with van der Waals surface area (Å²) in [6, 6.07) is 3.74. The van der Waals surface area contributed by atoms with Gasteiger partial charge in [0.05, 0.1) is 24.4 Å². The van der Waals surface area contributed by atoms with E-state index in [0.29, 0.717) is 23.2 Å². The average molecular weight is 360 g/mol. The van der Waals surface area contributed by atoms with Crippen molar-refractivity contribution >= 4 is 39.5 Å². The van der Waals surface area contributed by atoms with Gasteiger partial charge in [-0.25, -0.2) is 0 Å². The summed E-state index contributed by atoms with van der Waals surface area (Å²) < 4.78 is 11.6. The molecule has 0 fully saturated rings. The number of nitrogens with zero attached hydrogens (tertiary/aromatic N) is 1. The lowest BCUT2D eigenvalue weighted by Gasteiger charge is -2.12. The number of methoxy groups -OCH3 is 1. The minimum absolute atomic E-state index is 0.487. The van der Waals surface area contributed by atoms with Gasteiger partial charge in [-0.05, 0) is 59.7 Å². The van der Waals surface area contributed by atoms with E-state index >= 15 is 0 Å². The molecule has 0 radical (unpaired) electrons. The van der Waals surface area contributed by atoms with E-state index in [1.54, 1.807) is 13.3 Å². The molecule has 1 aromatic carbocycles. The Hall–Kier alpha value is -1.34. The predicted molar refractivity (Wildman–Crippen MR) is 88.9 cm³/mol. The summed E-state index contributed by atoms with van der Waals surface area (Å²) in [5.74, 6) is 1.33. The summed E-state index contributed by atoms with van der Waals surface area (Å²) >= 11 is 8.47. The first-order chi connectivity index (χ1) is 9.62. The van der Waals surface area contributed by atoms with E-state index in [0.717, 1.165) is 16.6 Å². The van der Waals surface area contributed by atoms with Crippen LogP contribution in [-0.4, -0.2) is 31.6 Å². The first-order valence-electron chi connectivity index (χ1n) is 6.19. The Morgan fingerprint density at radius 2 is 2.20 bits per heavy atom. The van der Waals surface area contributed by atoms with Crippen molar-refractivity contribution in [1.82, 2.24) is 10.7 Å². The van der Waals surface area contributed by atoms with Crippen LogP contribution in [0.15, 0.2) is 21.7 Å². The molecule has 1 rings (SSSR count). The predicted octanol–water partition coefficient (Wildman–Crippen LogP) is 2.67. The Labute approximate surface area is 132 Å². The normalized spacial score (nSPS) is 10.4. The first-order valence-corrected chi connectivity index (χ1v) is 7.39. The maximum atomic E-state index is 5.53. The van der Waals surface area contributed by atoms with Crippen molar-refractivity contribution in [2.75, 3.05) is 20.3 Å². The number of benzene rings is 1. The number of hydrogen-bond donors (Lipinski definition) is 2. The molecule has 0 saturated carbocycles. The molecule has 0 aliphatic carbocycles. The molecule has 0 spiro atoms. The zero-order valence-electron chi connectivity index (χ0n) is 11.7. The summed E-state index contributed by atoms with van der Waals surface area (Å²) in [5.41, 5.74) is 3.60. The van der Waals surface area contributed by atoms with E-state index in [2.05, 4.69) is 31.8 Å². The Morgan fingerprint density at radius 1 is 1.45 bits per heavy atom. The second-order valence-corrected chi connectivity index (χ2v) is 4.96. The lowest BCUT2D eigenvalue weighted by atomic mass is 10.2. The molecule has 0 aromatic heterocycles. The van der Waals surface area contributed by atoms with Crippen LogP contribution in [0.25, 0.3) is 0 Å². The summed E-state index contributed by atoms with van der Waals surface area (Å²) in [6.45, 7) is 5.21. The standard InChI is InChI=1S/C13H18BrN3O2S/c1-4-15-13(20)17-16-8-9-6-10(14)12(19-5-2)11(7-9)18-3/h6-8H,4-5H2,1-3H3,(H2,15,17,20)/b16-8+. The van der Waals surface area contributed by atoms with Gasteiger partial charge in [0.15, 0.2) is 16.6 Å². The van der Waals surface area contributed by atoms with Gasteiger partial charge >= 0.3 is 0 Å². The van der Waals surface area contributed by atoms with Crippen LogP contribution >= 0.6 is 28.1 Å². The maximum Gasteiger partial charge on any atom is 0.186 e. The molecule has 5 nitrogen and oxygen atoms in total. The monoisotopic (exact) mass is 359 g/mol. The van der Waals surface area contributed by atoms with Crippen LogP contribution in [0.3, 0.4) is 0 Å². The van der Waals surface area contributed by atoms with Gasteiger partial charge in [-0.2, -0.15) is 5.10 Å². The third-order valence-corrected chi connectivity index (χ3v) is 3.08. The molecular weight excluding hydrogens is 342 g/mol. The highest BCUT2D eigenvalue weighted by Gasteiger charge is 2.10. The Kier molecular flexibility index (Phi) is 7.32. The average Bonchev–Trinajstić information content (AvgIpc) is 2.41. The molecular formula is C13H18BrN3O2S. The van der Waals surface area contributed by atoms with Crippen LogP contribution in [0.2, 0.25) is 0 Å². The van der Waals surface area contributed by atoms with Crippen LogP contribution in [0, 0.1) is 0 Å². The molecule has 0 bridgehead atoms. The van der Waals surface area contributed by atoms with Gasteiger partial charge in [0.25, 0.3) is 0 Å². The minimum Gasteiger partial charge on any atom is -0.493 e. The first kappa shape index (κ1) is 16.7. The Morgan fingerprint density at radius 3 is 2.80 bits per heavy atom. The van der Waals surface area contributed by atoms with E-state index in [1.165, 1.54) is 0 Å². The van der Waals surface area contributed by atoms with E-state index < -0.39 is 0 Å². The fraction of sp³-hybridized carbons (Fsp3) is 0.385. The van der Waals surface area contributed by atoms with Gasteiger partial charge < -0.3 is 14.8 Å². The number of rotatable bonds is 6. The van der Waals surface area contributed by atoms with Crippen molar-refractivity contribution in [2.24, 2.45) is 5.10 Å². The molecule has 2 N–H and O–H groups in total. The van der Waals surface area contributed by atoms with E-state index in [1.807, 2.05) is 26.0 Å². The molecule has 0 aliphatic rings. The number of hydrazone groups is 1. The van der Waals surface area contributed by atoms with Crippen LogP contribution < -0.4 is 20.2 Å². The van der Waals surface area contributed by atoms with Crippen molar-refractivity contribution in [2.45, 2.75) is 13.8 Å². The highest BCUT2D eigenvalue weighted by Crippen LogP contribution is 2.36. The third-order valence-electron chi connectivity index (χ3n) is 2.26. The molecule has 110 valence electrons. The lowest BCUT2D eigenvalue weighted by molar-refractivity contribution is 0.309. The molecule has 0 atom stereocenters. The van der Waals surface area contributed by atoms with Gasteiger partial charge in [-0.3, -0.25) is 5.43 Å². The summed E-state index contributed by atoms with van der Waals surface area (Å²) in [7, 11) is 1.60. The van der Waals surface area contributed by atoms with E-state index in [9.17, 15) is 0 Å². The molecule has 0 amide bonds. The number of halogens is 1. The zero-order chi connectivity index (χ0) is 15.0. The van der Waals surface area contributed by atoms with Crippen molar-refractivity contribution in [3.8, 4) is 11.5 Å². The third kappa shape index (κ3) is 4.97. The number of hydrogen-bond acceptors (Lipinski definition) is 4. The fourth-order valence-electron chi connectivity index (χ4n) is 1.46. The van der Waals surface area contributed by atoms with E-state index in [4.69, 9.17) is 21.7 Å². The summed E-state index contributed by atoms with van der Waals surface area (Å²) in [4.78, 5) is 0. The van der Waals surface area contributed by atoms with Crippen molar-refractivity contribution in [3.63, 3.8) is 0 Å². The van der Waals surface area contributed by atoms with Crippen LogP contribution in [0.4, 0.5) is 0 Å². The van der Waals surface area contributed by atoms with Gasteiger partial charge in [-0.15, -0.1) is 0 Å². The highest BCUT2D eigenvalue weighted by molar-refractivity contribution is 9.10. The van der Waals surface area contributed by atoms with Crippen molar-refractivity contribution in [1.29, 1.82) is 0 Å². The second kappa shape index (κ2) is 8.76. The van der Waals surface area contributed by atoms with Gasteiger partial charge in [-0.1, -0.05) is 0 Å². The minimum atomic E-state index is 0.487. The highest BCUT2D eigenvalue weighted by atomic mass is 79.9. The maximum absolute atomic E-state index is 5.53. The van der Waals surface area contributed by atoms with E-state index in [-0.39, 0.29) is 0 Å². The topological polar surface area (TPSA) is 54.9 Å². The quantitative estimate of drug-likeness (QED) is 0.464. The van der Waals surface area contributed by atoms with Crippen molar-refractivity contribution < 1.29 is 9.47 Å². The lowest BCUT2D eigenvalue weighted by Crippen LogP contribution is -2.31. The molecule has 0 heterocycles. The Bertz CT molecular complexity index is 495. The molecule has 1 aromatic rings. The van der Waals surface area contributed by atoms with Crippen molar-refractivity contribution in [3.05, 3.63) is 22.2 Å². The van der Waals surface area contributed by atoms with Gasteiger partial charge in [0.1, 0.15) is 0 Å². The molecule has 0 aliphatic heterocycles. The fourth-order valence-corrected chi connectivity index (χ4v) is 2.24. The molecule has 0 saturated heterocycles. The molecule has 0 unspecified atom stereocenters. The van der Waals surface area contributed by atoms with Crippen LogP contribution in [0.1, 0.15) is 19.4 Å². The Balaban J connectivity index is 2.84. The molecule has 20 heavy (non-hydrogen) atoms. The number of ether oxygens (including phenoxy) is 2.